The van der Waals surface area contributed by atoms with Crippen LogP contribution >= 0.6 is 0 Å². The molecule has 8 nitrogen and oxygen atoms in total. The van der Waals surface area contributed by atoms with E-state index in [1.165, 1.54) is 27.8 Å². The van der Waals surface area contributed by atoms with Gasteiger partial charge >= 0.3 is 6.03 Å². The fourth-order valence-electron chi connectivity index (χ4n) is 1.41. The molecule has 1 aromatic heterocycles. The number of nitrogen functional groups attached to an aromatic ring is 1. The normalized spacial score (nSPS) is 9.90. The molecule has 0 aromatic carbocycles. The van der Waals surface area contributed by atoms with E-state index in [2.05, 4.69) is 10.6 Å². The summed E-state index contributed by atoms with van der Waals surface area (Å²) in [6, 6.07) is 2.55. The van der Waals surface area contributed by atoms with E-state index in [-0.39, 0.29) is 30.6 Å². The second-order valence-electron chi connectivity index (χ2n) is 4.40. The van der Waals surface area contributed by atoms with Gasteiger partial charge in [0.15, 0.2) is 0 Å². The SMILES string of the molecule is CN(C)C(=O)NCCNC(=O)Cn1cc(N)ccc1=O. The first-order valence-corrected chi connectivity index (χ1v) is 6.08. The molecule has 0 saturated heterocycles. The summed E-state index contributed by atoms with van der Waals surface area (Å²) in [5, 5.41) is 5.20. The summed E-state index contributed by atoms with van der Waals surface area (Å²) >= 11 is 0. The fraction of sp³-hybridized carbons (Fsp3) is 0.417. The Morgan fingerprint density at radius 2 is 1.90 bits per heavy atom. The first kappa shape index (κ1) is 15.5. The molecule has 0 bridgehead atoms. The topological polar surface area (TPSA) is 109 Å². The molecule has 110 valence electrons. The van der Waals surface area contributed by atoms with Crippen molar-refractivity contribution in [3.63, 3.8) is 0 Å². The molecule has 0 spiro atoms. The van der Waals surface area contributed by atoms with Gasteiger partial charge in [0, 0.05) is 45.1 Å². The van der Waals surface area contributed by atoms with Crippen molar-refractivity contribution in [3.05, 3.63) is 28.7 Å². The number of nitrogens with zero attached hydrogens (tertiary/aromatic N) is 2. The Kier molecular flexibility index (Phi) is 5.57. The zero-order valence-electron chi connectivity index (χ0n) is 11.5. The van der Waals surface area contributed by atoms with E-state index < -0.39 is 0 Å². The van der Waals surface area contributed by atoms with Crippen LogP contribution in [-0.2, 0) is 11.3 Å². The Morgan fingerprint density at radius 3 is 2.55 bits per heavy atom. The highest BCUT2D eigenvalue weighted by molar-refractivity contribution is 5.76. The fourth-order valence-corrected chi connectivity index (χ4v) is 1.41. The molecule has 1 rings (SSSR count). The number of nitrogens with two attached hydrogens (primary N) is 1. The van der Waals surface area contributed by atoms with Crippen molar-refractivity contribution in [1.82, 2.24) is 20.1 Å². The van der Waals surface area contributed by atoms with Crippen LogP contribution in [0.1, 0.15) is 0 Å². The molecule has 0 unspecified atom stereocenters. The lowest BCUT2D eigenvalue weighted by Gasteiger charge is -2.12. The largest absolute Gasteiger partial charge is 0.398 e. The first-order chi connectivity index (χ1) is 9.40. The number of carbonyl (C=O) groups is 2. The Hall–Kier alpha value is -2.51. The van der Waals surface area contributed by atoms with Crippen LogP contribution < -0.4 is 21.9 Å². The molecule has 4 N–H and O–H groups in total. The highest BCUT2D eigenvalue weighted by Gasteiger charge is 2.05. The van der Waals surface area contributed by atoms with Gasteiger partial charge in [-0.3, -0.25) is 9.59 Å². The van der Waals surface area contributed by atoms with E-state index in [0.29, 0.717) is 12.2 Å². The predicted octanol–water partition coefficient (Wildman–Crippen LogP) is -1.18. The molecule has 1 heterocycles. The molecule has 0 aliphatic carbocycles. The van der Waals surface area contributed by atoms with Gasteiger partial charge in [-0.2, -0.15) is 0 Å². The third-order valence-electron chi connectivity index (χ3n) is 2.45. The van der Waals surface area contributed by atoms with Crippen LogP contribution in [0, 0.1) is 0 Å². The molecule has 0 saturated carbocycles. The van der Waals surface area contributed by atoms with Gasteiger partial charge in [0.25, 0.3) is 5.56 Å². The van der Waals surface area contributed by atoms with Gasteiger partial charge in [0.1, 0.15) is 6.54 Å². The molecular weight excluding hydrogens is 262 g/mol. The van der Waals surface area contributed by atoms with E-state index in [9.17, 15) is 14.4 Å². The molecule has 0 atom stereocenters. The summed E-state index contributed by atoms with van der Waals surface area (Å²) in [7, 11) is 3.25. The standard InChI is InChI=1S/C12H19N5O3/c1-16(2)12(20)15-6-5-14-10(18)8-17-7-9(13)3-4-11(17)19/h3-4,7H,5-6,8,13H2,1-2H3,(H,14,18)(H,15,20). The summed E-state index contributed by atoms with van der Waals surface area (Å²) in [6.45, 7) is 0.496. The van der Waals surface area contributed by atoms with Crippen LogP contribution in [0.3, 0.4) is 0 Å². The highest BCUT2D eigenvalue weighted by atomic mass is 16.2. The summed E-state index contributed by atoms with van der Waals surface area (Å²) in [6.07, 6.45) is 1.41. The van der Waals surface area contributed by atoms with Crippen molar-refractivity contribution in [2.75, 3.05) is 32.9 Å². The number of urea groups is 1. The number of rotatable bonds is 5. The summed E-state index contributed by atoms with van der Waals surface area (Å²) < 4.78 is 1.23. The summed E-state index contributed by atoms with van der Waals surface area (Å²) in [5.41, 5.74) is 5.66. The maximum atomic E-state index is 11.6. The predicted molar refractivity (Wildman–Crippen MR) is 75.2 cm³/mol. The number of hydrogen-bond donors (Lipinski definition) is 3. The molecule has 8 heteroatoms. The van der Waals surface area contributed by atoms with Crippen molar-refractivity contribution in [3.8, 4) is 0 Å². The van der Waals surface area contributed by atoms with Crippen molar-refractivity contribution in [2.45, 2.75) is 6.54 Å². The second-order valence-corrected chi connectivity index (χ2v) is 4.40. The number of anilines is 1. The van der Waals surface area contributed by atoms with Crippen LogP contribution in [0.2, 0.25) is 0 Å². The van der Waals surface area contributed by atoms with Gasteiger partial charge in [-0.25, -0.2) is 4.79 Å². The maximum Gasteiger partial charge on any atom is 0.316 e. The van der Waals surface area contributed by atoms with Crippen LogP contribution in [0.5, 0.6) is 0 Å². The smallest absolute Gasteiger partial charge is 0.316 e. The van der Waals surface area contributed by atoms with Gasteiger partial charge in [0.05, 0.1) is 0 Å². The molecule has 3 amide bonds. The van der Waals surface area contributed by atoms with Crippen LogP contribution in [-0.4, -0.2) is 48.6 Å². The zero-order valence-corrected chi connectivity index (χ0v) is 11.5. The van der Waals surface area contributed by atoms with E-state index in [4.69, 9.17) is 5.73 Å². The average molecular weight is 281 g/mol. The quantitative estimate of drug-likeness (QED) is 0.590. The number of hydrogen-bond acceptors (Lipinski definition) is 4. The number of amides is 3. The van der Waals surface area contributed by atoms with Gasteiger partial charge in [-0.05, 0) is 6.07 Å². The van der Waals surface area contributed by atoms with E-state index in [1.807, 2.05) is 0 Å². The van der Waals surface area contributed by atoms with Crippen LogP contribution in [0.15, 0.2) is 23.1 Å². The van der Waals surface area contributed by atoms with Crippen molar-refractivity contribution in [1.29, 1.82) is 0 Å². The van der Waals surface area contributed by atoms with Crippen molar-refractivity contribution >= 4 is 17.6 Å². The minimum absolute atomic E-state index is 0.106. The van der Waals surface area contributed by atoms with Crippen LogP contribution in [0.25, 0.3) is 0 Å². The Balaban J connectivity index is 2.36. The lowest BCUT2D eigenvalue weighted by Crippen LogP contribution is -2.40. The van der Waals surface area contributed by atoms with E-state index in [1.54, 1.807) is 14.1 Å². The Labute approximate surface area is 116 Å². The highest BCUT2D eigenvalue weighted by Crippen LogP contribution is 1.95. The lowest BCUT2D eigenvalue weighted by molar-refractivity contribution is -0.121. The van der Waals surface area contributed by atoms with Crippen LogP contribution in [0.4, 0.5) is 10.5 Å². The van der Waals surface area contributed by atoms with E-state index in [0.717, 1.165) is 0 Å². The monoisotopic (exact) mass is 281 g/mol. The summed E-state index contributed by atoms with van der Waals surface area (Å²) in [5.74, 6) is -0.322. The minimum Gasteiger partial charge on any atom is -0.398 e. The van der Waals surface area contributed by atoms with Gasteiger partial charge in [0.2, 0.25) is 5.91 Å². The minimum atomic E-state index is -0.322. The molecule has 0 fully saturated rings. The van der Waals surface area contributed by atoms with E-state index >= 15 is 0 Å². The average Bonchev–Trinajstić information content (AvgIpc) is 2.38. The lowest BCUT2D eigenvalue weighted by atomic mass is 10.4. The second kappa shape index (κ2) is 7.17. The zero-order chi connectivity index (χ0) is 15.1. The molecule has 0 aliphatic heterocycles. The first-order valence-electron chi connectivity index (χ1n) is 6.08. The number of nitrogens with one attached hydrogen (secondary N) is 2. The third-order valence-corrected chi connectivity index (χ3v) is 2.45. The van der Waals surface area contributed by atoms with Gasteiger partial charge < -0.3 is 25.8 Å². The molecule has 20 heavy (non-hydrogen) atoms. The molecule has 0 radical (unpaired) electrons. The number of carbonyl (C=O) groups excluding carboxylic acids is 2. The maximum absolute atomic E-state index is 11.6. The number of pyridine rings is 1. The molecule has 1 aromatic rings. The van der Waals surface area contributed by atoms with Gasteiger partial charge in [-0.15, -0.1) is 0 Å². The molecule has 0 aliphatic rings. The van der Waals surface area contributed by atoms with Crippen molar-refractivity contribution in [2.24, 2.45) is 0 Å². The van der Waals surface area contributed by atoms with Crippen molar-refractivity contribution < 1.29 is 9.59 Å². The van der Waals surface area contributed by atoms with Gasteiger partial charge in [-0.1, -0.05) is 0 Å². The number of aromatic nitrogens is 1. The molecular formula is C12H19N5O3. The third kappa shape index (κ3) is 5.01. The Bertz CT molecular complexity index is 538. The summed E-state index contributed by atoms with van der Waals surface area (Å²) in [4.78, 5) is 35.7. The Morgan fingerprint density at radius 1 is 1.25 bits per heavy atom.